The molecular weight excluding hydrogens is 328 g/mol. The largest absolute Gasteiger partial charge is 0.334 e. The molecule has 0 radical (unpaired) electrons. The molecule has 1 N–H and O–H groups in total. The minimum Gasteiger partial charge on any atom is -0.334 e. The van der Waals surface area contributed by atoms with E-state index in [2.05, 4.69) is 5.32 Å². The van der Waals surface area contributed by atoms with Crippen LogP contribution in [0.1, 0.15) is 24.8 Å². The Morgan fingerprint density at radius 3 is 2.58 bits per heavy atom. The van der Waals surface area contributed by atoms with E-state index in [1.54, 1.807) is 0 Å². The van der Waals surface area contributed by atoms with Gasteiger partial charge >= 0.3 is 6.03 Å². The topological polar surface area (TPSA) is 83.6 Å². The molecule has 2 aliphatic heterocycles. The van der Waals surface area contributed by atoms with Crippen molar-refractivity contribution < 1.29 is 18.0 Å². The van der Waals surface area contributed by atoms with E-state index < -0.39 is 15.9 Å². The second-order valence-corrected chi connectivity index (χ2v) is 8.90. The number of rotatable bonds is 4. The van der Waals surface area contributed by atoms with E-state index in [1.165, 1.54) is 4.90 Å². The van der Waals surface area contributed by atoms with Gasteiger partial charge < -0.3 is 5.32 Å². The maximum atomic E-state index is 12.4. The lowest BCUT2D eigenvalue weighted by molar-refractivity contribution is -0.130. The average molecular weight is 350 g/mol. The summed E-state index contributed by atoms with van der Waals surface area (Å²) in [5.74, 6) is -0.0907. The van der Waals surface area contributed by atoms with Gasteiger partial charge in [-0.15, -0.1) is 0 Å². The third kappa shape index (κ3) is 4.14. The van der Waals surface area contributed by atoms with Gasteiger partial charge in [-0.25, -0.2) is 13.2 Å². The zero-order valence-electron chi connectivity index (χ0n) is 13.5. The third-order valence-corrected chi connectivity index (χ3v) is 6.51. The van der Waals surface area contributed by atoms with Crippen LogP contribution in [0.25, 0.3) is 0 Å². The molecule has 24 heavy (non-hydrogen) atoms. The summed E-state index contributed by atoms with van der Waals surface area (Å²) >= 11 is 0. The van der Waals surface area contributed by atoms with Gasteiger partial charge in [0.25, 0.3) is 0 Å². The van der Waals surface area contributed by atoms with Crippen LogP contribution in [0.3, 0.4) is 0 Å². The molecule has 3 amide bonds. The summed E-state index contributed by atoms with van der Waals surface area (Å²) in [4.78, 5) is 25.8. The molecule has 0 aromatic heterocycles. The number of imide groups is 1. The Bertz CT molecular complexity index is 699. The number of carbonyl (C=O) groups excluding carboxylic acids is 2. The zero-order chi connectivity index (χ0) is 17.2. The maximum Gasteiger partial charge on any atom is 0.324 e. The van der Waals surface area contributed by atoms with E-state index >= 15 is 0 Å². The van der Waals surface area contributed by atoms with Gasteiger partial charge in [0.2, 0.25) is 5.91 Å². The highest BCUT2D eigenvalue weighted by Crippen LogP contribution is 2.21. The summed E-state index contributed by atoms with van der Waals surface area (Å²) in [5.41, 5.74) is 1.07. The number of hydrogen-bond acceptors (Lipinski definition) is 4. The molecule has 2 atom stereocenters. The SMILES string of the molecule is O=C1C[C@@H](Cc2ccccc2)NC(=O)N1CC1CCCS(=O)(=O)C1. The quantitative estimate of drug-likeness (QED) is 0.889. The molecule has 130 valence electrons. The first-order valence-electron chi connectivity index (χ1n) is 8.28. The van der Waals surface area contributed by atoms with Crippen molar-refractivity contribution in [1.29, 1.82) is 0 Å². The minimum absolute atomic E-state index is 0.0670. The van der Waals surface area contributed by atoms with Crippen LogP contribution in [0.4, 0.5) is 4.79 Å². The van der Waals surface area contributed by atoms with Crippen molar-refractivity contribution >= 4 is 21.8 Å². The van der Waals surface area contributed by atoms with E-state index in [-0.39, 0.29) is 42.3 Å². The summed E-state index contributed by atoms with van der Waals surface area (Å²) in [5, 5.41) is 2.87. The van der Waals surface area contributed by atoms with Gasteiger partial charge in [-0.1, -0.05) is 30.3 Å². The molecule has 0 saturated carbocycles. The van der Waals surface area contributed by atoms with E-state index in [1.807, 2.05) is 30.3 Å². The molecule has 6 nitrogen and oxygen atoms in total. The van der Waals surface area contributed by atoms with Crippen molar-refractivity contribution in [2.75, 3.05) is 18.1 Å². The van der Waals surface area contributed by atoms with Crippen LogP contribution < -0.4 is 5.32 Å². The van der Waals surface area contributed by atoms with E-state index in [0.29, 0.717) is 12.8 Å². The molecule has 1 aromatic carbocycles. The van der Waals surface area contributed by atoms with Crippen LogP contribution >= 0.6 is 0 Å². The van der Waals surface area contributed by atoms with Gasteiger partial charge in [-0.2, -0.15) is 0 Å². The summed E-state index contributed by atoms with van der Waals surface area (Å²) in [6.07, 6.45) is 2.21. The van der Waals surface area contributed by atoms with Crippen molar-refractivity contribution in [3.63, 3.8) is 0 Å². The van der Waals surface area contributed by atoms with Gasteiger partial charge in [0.05, 0.1) is 11.5 Å². The molecule has 1 unspecified atom stereocenters. The lowest BCUT2D eigenvalue weighted by Crippen LogP contribution is -2.56. The second kappa shape index (κ2) is 6.93. The lowest BCUT2D eigenvalue weighted by atomic mass is 10.00. The first kappa shape index (κ1) is 17.0. The lowest BCUT2D eigenvalue weighted by Gasteiger charge is -2.34. The number of amides is 3. The second-order valence-electron chi connectivity index (χ2n) is 6.67. The van der Waals surface area contributed by atoms with Gasteiger partial charge in [-0.3, -0.25) is 9.69 Å². The number of carbonyl (C=O) groups is 2. The molecule has 0 spiro atoms. The normalized spacial score (nSPS) is 26.9. The standard InChI is InChI=1S/C17H22N2O4S/c20-16-10-15(9-13-5-2-1-3-6-13)18-17(21)19(16)11-14-7-4-8-24(22,23)12-14/h1-3,5-6,14-15H,4,7-12H2,(H,18,21)/t14?,15-/m1/s1. The van der Waals surface area contributed by atoms with E-state index in [4.69, 9.17) is 0 Å². The Kier molecular flexibility index (Phi) is 4.89. The Balaban J connectivity index is 1.60. The molecule has 2 aliphatic rings. The highest BCUT2D eigenvalue weighted by Gasteiger charge is 2.35. The predicted octanol–water partition coefficient (Wildman–Crippen LogP) is 1.36. The van der Waals surface area contributed by atoms with Crippen LogP contribution in [0.2, 0.25) is 0 Å². The fraction of sp³-hybridized carbons (Fsp3) is 0.529. The van der Waals surface area contributed by atoms with Crippen molar-refractivity contribution in [1.82, 2.24) is 10.2 Å². The summed E-state index contributed by atoms with van der Waals surface area (Å²) in [6, 6.07) is 9.10. The van der Waals surface area contributed by atoms with Crippen molar-refractivity contribution in [2.24, 2.45) is 5.92 Å². The van der Waals surface area contributed by atoms with Crippen LogP contribution in [0.15, 0.2) is 30.3 Å². The Morgan fingerprint density at radius 1 is 1.17 bits per heavy atom. The van der Waals surface area contributed by atoms with Crippen molar-refractivity contribution in [3.05, 3.63) is 35.9 Å². The maximum absolute atomic E-state index is 12.4. The predicted molar refractivity (Wildman–Crippen MR) is 90.2 cm³/mol. The molecule has 0 aliphatic carbocycles. The van der Waals surface area contributed by atoms with Gasteiger partial charge in [0.1, 0.15) is 0 Å². The van der Waals surface area contributed by atoms with Crippen molar-refractivity contribution in [2.45, 2.75) is 31.7 Å². The molecule has 7 heteroatoms. The average Bonchev–Trinajstić information content (AvgIpc) is 2.51. The highest BCUT2D eigenvalue weighted by atomic mass is 32.2. The monoisotopic (exact) mass is 350 g/mol. The minimum atomic E-state index is -3.04. The Morgan fingerprint density at radius 2 is 1.92 bits per heavy atom. The third-order valence-electron chi connectivity index (χ3n) is 4.62. The molecule has 2 fully saturated rings. The van der Waals surface area contributed by atoms with E-state index in [0.717, 1.165) is 12.0 Å². The number of hydrogen-bond donors (Lipinski definition) is 1. The molecule has 1 aromatic rings. The number of nitrogens with one attached hydrogen (secondary N) is 1. The van der Waals surface area contributed by atoms with E-state index in [9.17, 15) is 18.0 Å². The van der Waals surface area contributed by atoms with Crippen LogP contribution in [-0.2, 0) is 21.1 Å². The smallest absolute Gasteiger partial charge is 0.324 e. The Labute approximate surface area is 142 Å². The molecule has 3 rings (SSSR count). The van der Waals surface area contributed by atoms with Crippen LogP contribution in [-0.4, -0.2) is 49.3 Å². The van der Waals surface area contributed by atoms with Gasteiger partial charge in [-0.05, 0) is 30.7 Å². The fourth-order valence-corrected chi connectivity index (χ4v) is 5.23. The summed E-state index contributed by atoms with van der Waals surface area (Å²) in [6.45, 7) is 0.196. The highest BCUT2D eigenvalue weighted by molar-refractivity contribution is 7.91. The number of urea groups is 1. The molecule has 0 bridgehead atoms. The summed E-state index contributed by atoms with van der Waals surface area (Å²) < 4.78 is 23.4. The fourth-order valence-electron chi connectivity index (χ4n) is 3.46. The number of benzene rings is 1. The van der Waals surface area contributed by atoms with Gasteiger partial charge in [0, 0.05) is 19.0 Å². The molecular formula is C17H22N2O4S. The van der Waals surface area contributed by atoms with Crippen LogP contribution in [0, 0.1) is 5.92 Å². The first-order chi connectivity index (χ1) is 11.4. The number of nitrogens with zero attached hydrogens (tertiary/aromatic N) is 1. The van der Waals surface area contributed by atoms with Crippen molar-refractivity contribution in [3.8, 4) is 0 Å². The summed E-state index contributed by atoms with van der Waals surface area (Å²) in [7, 11) is -3.04. The van der Waals surface area contributed by atoms with Crippen LogP contribution in [0.5, 0.6) is 0 Å². The molecule has 2 saturated heterocycles. The molecule has 2 heterocycles. The number of sulfone groups is 1. The Hall–Kier alpha value is -1.89. The first-order valence-corrected chi connectivity index (χ1v) is 10.1. The zero-order valence-corrected chi connectivity index (χ0v) is 14.3. The van der Waals surface area contributed by atoms with Gasteiger partial charge in [0.15, 0.2) is 9.84 Å².